The Morgan fingerprint density at radius 2 is 2.20 bits per heavy atom. The van der Waals surface area contributed by atoms with Crippen molar-refractivity contribution >= 4 is 27.5 Å². The van der Waals surface area contributed by atoms with Gasteiger partial charge in [0.25, 0.3) is 5.56 Å². The zero-order valence-electron chi connectivity index (χ0n) is 11.2. The molecule has 0 aromatic carbocycles. The van der Waals surface area contributed by atoms with Crippen LogP contribution in [0.25, 0.3) is 10.2 Å². The first-order valence-electron chi connectivity index (χ1n) is 6.05. The SMILES string of the molecule is C=CCn1c(=O)[nH]c2sc(C(=O)OCC)c(C)c2c1=O. The van der Waals surface area contributed by atoms with Gasteiger partial charge in [0.1, 0.15) is 9.71 Å². The van der Waals surface area contributed by atoms with Crippen LogP contribution in [0, 0.1) is 6.92 Å². The Bertz CT molecular complexity index is 797. The number of fused-ring (bicyclic) bond motifs is 1. The average Bonchev–Trinajstić information content (AvgIpc) is 2.72. The summed E-state index contributed by atoms with van der Waals surface area (Å²) in [6, 6.07) is 0. The molecule has 0 spiro atoms. The second kappa shape index (κ2) is 5.46. The minimum Gasteiger partial charge on any atom is -0.462 e. The number of rotatable bonds is 4. The molecule has 7 heteroatoms. The monoisotopic (exact) mass is 294 g/mol. The Labute approximate surface area is 118 Å². The first-order valence-corrected chi connectivity index (χ1v) is 6.87. The van der Waals surface area contributed by atoms with E-state index in [1.165, 1.54) is 6.08 Å². The molecule has 2 heterocycles. The number of hydrogen-bond donors (Lipinski definition) is 1. The number of carbonyl (C=O) groups is 1. The molecule has 0 atom stereocenters. The largest absolute Gasteiger partial charge is 0.462 e. The molecule has 0 saturated carbocycles. The summed E-state index contributed by atoms with van der Waals surface area (Å²) in [5.74, 6) is -0.485. The standard InChI is InChI=1S/C13H14N2O4S/c1-4-6-15-11(16)8-7(3)9(12(17)19-5-2)20-10(8)14-13(15)18/h4H,1,5-6H2,2-3H3,(H,14,18). The fourth-order valence-electron chi connectivity index (χ4n) is 1.94. The van der Waals surface area contributed by atoms with Gasteiger partial charge >= 0.3 is 11.7 Å². The fraction of sp³-hybridized carbons (Fsp3) is 0.308. The minimum atomic E-state index is -0.515. The number of ether oxygens (including phenoxy) is 1. The second-order valence-corrected chi connectivity index (χ2v) is 5.14. The highest BCUT2D eigenvalue weighted by atomic mass is 32.1. The van der Waals surface area contributed by atoms with Gasteiger partial charge in [-0.3, -0.25) is 14.3 Å². The van der Waals surface area contributed by atoms with Gasteiger partial charge in [0, 0.05) is 6.54 Å². The second-order valence-electron chi connectivity index (χ2n) is 4.12. The molecular formula is C13H14N2O4S. The number of aromatic nitrogens is 2. The number of H-pyrrole nitrogens is 1. The summed E-state index contributed by atoms with van der Waals surface area (Å²) >= 11 is 1.06. The summed E-state index contributed by atoms with van der Waals surface area (Å²) in [5.41, 5.74) is -0.408. The third kappa shape index (κ3) is 2.20. The van der Waals surface area contributed by atoms with Crippen LogP contribution >= 0.6 is 11.3 Å². The third-order valence-corrected chi connectivity index (χ3v) is 4.03. The molecule has 0 aliphatic heterocycles. The summed E-state index contributed by atoms with van der Waals surface area (Å²) in [5, 5.41) is 0.347. The number of esters is 1. The lowest BCUT2D eigenvalue weighted by atomic mass is 10.2. The van der Waals surface area contributed by atoms with Crippen molar-refractivity contribution in [1.82, 2.24) is 9.55 Å². The number of thiophene rings is 1. The van der Waals surface area contributed by atoms with Crippen LogP contribution in [0.2, 0.25) is 0 Å². The quantitative estimate of drug-likeness (QED) is 0.683. The minimum absolute atomic E-state index is 0.119. The van der Waals surface area contributed by atoms with Gasteiger partial charge < -0.3 is 4.74 Å². The topological polar surface area (TPSA) is 81.2 Å². The van der Waals surface area contributed by atoms with Crippen molar-refractivity contribution in [1.29, 1.82) is 0 Å². The van der Waals surface area contributed by atoms with Crippen molar-refractivity contribution < 1.29 is 9.53 Å². The molecule has 6 nitrogen and oxygen atoms in total. The maximum atomic E-state index is 12.3. The molecule has 2 aromatic rings. The molecule has 0 bridgehead atoms. The Morgan fingerprint density at radius 1 is 1.50 bits per heavy atom. The van der Waals surface area contributed by atoms with E-state index < -0.39 is 17.2 Å². The lowest BCUT2D eigenvalue weighted by molar-refractivity contribution is 0.0531. The van der Waals surface area contributed by atoms with Gasteiger partial charge in [-0.05, 0) is 19.4 Å². The molecule has 0 fully saturated rings. The molecule has 0 aliphatic carbocycles. The van der Waals surface area contributed by atoms with E-state index >= 15 is 0 Å². The number of aryl methyl sites for hydroxylation is 1. The summed E-state index contributed by atoms with van der Waals surface area (Å²) in [6.07, 6.45) is 1.47. The predicted molar refractivity (Wildman–Crippen MR) is 77.6 cm³/mol. The number of nitrogens with zero attached hydrogens (tertiary/aromatic N) is 1. The van der Waals surface area contributed by atoms with E-state index in [-0.39, 0.29) is 13.2 Å². The Hall–Kier alpha value is -2.15. The summed E-state index contributed by atoms with van der Waals surface area (Å²) in [4.78, 5) is 39.3. The van der Waals surface area contributed by atoms with Crippen molar-refractivity contribution in [2.24, 2.45) is 0 Å². The van der Waals surface area contributed by atoms with E-state index in [0.29, 0.717) is 20.7 Å². The van der Waals surface area contributed by atoms with Crippen LogP contribution in [0.3, 0.4) is 0 Å². The van der Waals surface area contributed by atoms with Gasteiger partial charge in [0.2, 0.25) is 0 Å². The van der Waals surface area contributed by atoms with Gasteiger partial charge in [-0.25, -0.2) is 9.59 Å². The highest BCUT2D eigenvalue weighted by molar-refractivity contribution is 7.20. The van der Waals surface area contributed by atoms with Crippen LogP contribution in [0.15, 0.2) is 22.2 Å². The highest BCUT2D eigenvalue weighted by Crippen LogP contribution is 2.26. The van der Waals surface area contributed by atoms with Crippen LogP contribution < -0.4 is 11.2 Å². The molecular weight excluding hydrogens is 280 g/mol. The fourth-order valence-corrected chi connectivity index (χ4v) is 3.02. The molecule has 2 aromatic heterocycles. The average molecular weight is 294 g/mol. The lowest BCUT2D eigenvalue weighted by Gasteiger charge is -2.01. The zero-order chi connectivity index (χ0) is 14.9. The van der Waals surface area contributed by atoms with Gasteiger partial charge in [-0.2, -0.15) is 0 Å². The Balaban J connectivity index is 2.76. The molecule has 1 N–H and O–H groups in total. The maximum absolute atomic E-state index is 12.3. The molecule has 106 valence electrons. The van der Waals surface area contributed by atoms with Gasteiger partial charge in [0.15, 0.2) is 0 Å². The van der Waals surface area contributed by atoms with Crippen LogP contribution in [-0.2, 0) is 11.3 Å². The van der Waals surface area contributed by atoms with E-state index in [9.17, 15) is 14.4 Å². The number of aromatic amines is 1. The Morgan fingerprint density at radius 3 is 2.80 bits per heavy atom. The van der Waals surface area contributed by atoms with Crippen molar-refractivity contribution in [3.05, 3.63) is 43.9 Å². The van der Waals surface area contributed by atoms with Gasteiger partial charge in [0.05, 0.1) is 12.0 Å². The van der Waals surface area contributed by atoms with E-state index in [0.717, 1.165) is 15.9 Å². The summed E-state index contributed by atoms with van der Waals surface area (Å²) in [7, 11) is 0. The molecule has 0 saturated heterocycles. The van der Waals surface area contributed by atoms with Crippen LogP contribution in [0.5, 0.6) is 0 Å². The smallest absolute Gasteiger partial charge is 0.348 e. The van der Waals surface area contributed by atoms with E-state index in [4.69, 9.17) is 4.74 Å². The van der Waals surface area contributed by atoms with Gasteiger partial charge in [-0.15, -0.1) is 17.9 Å². The first-order chi connectivity index (χ1) is 9.51. The van der Waals surface area contributed by atoms with Crippen molar-refractivity contribution in [3.8, 4) is 0 Å². The molecule has 20 heavy (non-hydrogen) atoms. The van der Waals surface area contributed by atoms with Crippen LogP contribution in [0.1, 0.15) is 22.2 Å². The van der Waals surface area contributed by atoms with E-state index in [1.807, 2.05) is 0 Å². The third-order valence-electron chi connectivity index (χ3n) is 2.84. The lowest BCUT2D eigenvalue weighted by Crippen LogP contribution is -2.34. The number of nitrogens with one attached hydrogen (secondary N) is 1. The Kier molecular flexibility index (Phi) is 3.89. The summed E-state index contributed by atoms with van der Waals surface area (Å²) in [6.45, 7) is 7.26. The number of carbonyl (C=O) groups excluding carboxylic acids is 1. The maximum Gasteiger partial charge on any atom is 0.348 e. The number of hydrogen-bond acceptors (Lipinski definition) is 5. The van der Waals surface area contributed by atoms with Crippen molar-refractivity contribution in [2.45, 2.75) is 20.4 Å². The van der Waals surface area contributed by atoms with Gasteiger partial charge in [-0.1, -0.05) is 6.08 Å². The first kappa shape index (κ1) is 14.3. The molecule has 0 radical (unpaired) electrons. The van der Waals surface area contributed by atoms with Crippen molar-refractivity contribution in [2.75, 3.05) is 6.61 Å². The number of allylic oxidation sites excluding steroid dienone is 1. The molecule has 0 amide bonds. The highest BCUT2D eigenvalue weighted by Gasteiger charge is 2.20. The van der Waals surface area contributed by atoms with Crippen molar-refractivity contribution in [3.63, 3.8) is 0 Å². The molecule has 2 rings (SSSR count). The molecule has 0 unspecified atom stereocenters. The van der Waals surface area contributed by atoms with Crippen LogP contribution in [0.4, 0.5) is 0 Å². The molecule has 0 aliphatic rings. The summed E-state index contributed by atoms with van der Waals surface area (Å²) < 4.78 is 5.99. The normalized spacial score (nSPS) is 10.7. The van der Waals surface area contributed by atoms with E-state index in [2.05, 4.69) is 11.6 Å². The van der Waals surface area contributed by atoms with Crippen LogP contribution in [-0.4, -0.2) is 22.1 Å². The zero-order valence-corrected chi connectivity index (χ0v) is 12.0. The predicted octanol–water partition coefficient (Wildman–Crippen LogP) is 1.42. The van der Waals surface area contributed by atoms with E-state index in [1.54, 1.807) is 13.8 Å².